The highest BCUT2D eigenvalue weighted by Crippen LogP contribution is 1.87. The highest BCUT2D eigenvalue weighted by Gasteiger charge is 1.95. The summed E-state index contributed by atoms with van der Waals surface area (Å²) >= 11 is 0. The van der Waals surface area contributed by atoms with Gasteiger partial charge in [0.25, 0.3) is 0 Å². The van der Waals surface area contributed by atoms with Crippen molar-refractivity contribution in [3.63, 3.8) is 0 Å². The van der Waals surface area contributed by atoms with Crippen LogP contribution in [0.1, 0.15) is 13.8 Å². The van der Waals surface area contributed by atoms with Crippen LogP contribution in [0.5, 0.6) is 0 Å². The Labute approximate surface area is 86.2 Å². The third-order valence-electron chi connectivity index (χ3n) is 1.16. The van der Waals surface area contributed by atoms with Gasteiger partial charge in [-0.3, -0.25) is 0 Å². The second kappa shape index (κ2) is 8.72. The number of carbonyl (C=O) groups excluding carboxylic acids is 1. The molecule has 1 unspecified atom stereocenters. The Balaban J connectivity index is 0. The van der Waals surface area contributed by atoms with Crippen molar-refractivity contribution in [2.24, 2.45) is 0 Å². The first kappa shape index (κ1) is 15.6. The van der Waals surface area contributed by atoms with Gasteiger partial charge in [-0.25, -0.2) is 4.79 Å². The van der Waals surface area contributed by atoms with Crippen LogP contribution in [0.25, 0.3) is 0 Å². The molecule has 0 saturated heterocycles. The molecule has 0 heterocycles. The van der Waals surface area contributed by atoms with E-state index >= 15 is 0 Å². The predicted molar refractivity (Wildman–Crippen MR) is 57.1 cm³/mol. The molecular formula is C10H21NO3. The fourth-order valence-corrected chi connectivity index (χ4v) is 0.703. The van der Waals surface area contributed by atoms with Gasteiger partial charge in [0.15, 0.2) is 0 Å². The van der Waals surface area contributed by atoms with Crippen LogP contribution in [0.2, 0.25) is 0 Å². The Morgan fingerprint density at radius 2 is 2.00 bits per heavy atom. The summed E-state index contributed by atoms with van der Waals surface area (Å²) in [5, 5.41) is 8.68. The number of aliphatic hydroxyl groups is 1. The molecule has 84 valence electrons. The SMILES string of the molecule is C=C(C)C(=O)OC.CC(O)CN(C)C. The Kier molecular flexibility index (Phi) is 9.71. The molecule has 0 radical (unpaired) electrons. The minimum absolute atomic E-state index is 0.199. The van der Waals surface area contributed by atoms with Crippen LogP contribution < -0.4 is 0 Å². The van der Waals surface area contributed by atoms with E-state index in [2.05, 4.69) is 11.3 Å². The molecule has 0 fully saturated rings. The van der Waals surface area contributed by atoms with Gasteiger partial charge >= 0.3 is 5.97 Å². The first-order valence-corrected chi connectivity index (χ1v) is 4.37. The molecule has 0 saturated carbocycles. The lowest BCUT2D eigenvalue weighted by molar-refractivity contribution is -0.136. The van der Waals surface area contributed by atoms with Crippen molar-refractivity contribution >= 4 is 5.97 Å². The van der Waals surface area contributed by atoms with Gasteiger partial charge in [0.1, 0.15) is 0 Å². The van der Waals surface area contributed by atoms with E-state index in [4.69, 9.17) is 5.11 Å². The van der Waals surface area contributed by atoms with Crippen LogP contribution in [0.3, 0.4) is 0 Å². The van der Waals surface area contributed by atoms with Crippen LogP contribution in [0.15, 0.2) is 12.2 Å². The minimum atomic E-state index is -0.347. The molecule has 0 rings (SSSR count). The van der Waals surface area contributed by atoms with Crippen molar-refractivity contribution in [1.82, 2.24) is 4.90 Å². The van der Waals surface area contributed by atoms with Gasteiger partial charge < -0.3 is 14.7 Å². The van der Waals surface area contributed by atoms with Crippen LogP contribution >= 0.6 is 0 Å². The molecule has 0 bridgehead atoms. The molecular weight excluding hydrogens is 182 g/mol. The molecule has 0 amide bonds. The van der Waals surface area contributed by atoms with Crippen LogP contribution in [0.4, 0.5) is 0 Å². The molecule has 1 N–H and O–H groups in total. The number of hydrogen-bond acceptors (Lipinski definition) is 4. The number of aliphatic hydroxyl groups excluding tert-OH is 1. The van der Waals surface area contributed by atoms with Gasteiger partial charge in [-0.2, -0.15) is 0 Å². The summed E-state index contributed by atoms with van der Waals surface area (Å²) < 4.78 is 4.27. The number of methoxy groups -OCH3 is 1. The van der Waals surface area contributed by atoms with Gasteiger partial charge in [-0.05, 0) is 27.9 Å². The van der Waals surface area contributed by atoms with Gasteiger partial charge in [0, 0.05) is 12.1 Å². The topological polar surface area (TPSA) is 49.8 Å². The quantitative estimate of drug-likeness (QED) is 0.541. The number of likely N-dealkylation sites (N-methyl/N-ethyl adjacent to an activating group) is 1. The summed E-state index contributed by atoms with van der Waals surface area (Å²) in [5.74, 6) is -0.347. The number of rotatable bonds is 3. The van der Waals surface area contributed by atoms with E-state index in [-0.39, 0.29) is 12.1 Å². The molecule has 0 aromatic carbocycles. The van der Waals surface area contributed by atoms with Crippen LogP contribution in [0, 0.1) is 0 Å². The normalized spacial score (nSPS) is 11.4. The highest BCUT2D eigenvalue weighted by molar-refractivity contribution is 5.86. The number of carbonyl (C=O) groups is 1. The van der Waals surface area contributed by atoms with Crippen molar-refractivity contribution in [3.05, 3.63) is 12.2 Å². The van der Waals surface area contributed by atoms with Crippen molar-refractivity contribution in [2.45, 2.75) is 20.0 Å². The van der Waals surface area contributed by atoms with Crippen molar-refractivity contribution < 1.29 is 14.6 Å². The largest absolute Gasteiger partial charge is 0.466 e. The molecule has 0 aliphatic heterocycles. The minimum Gasteiger partial charge on any atom is -0.466 e. The molecule has 4 heteroatoms. The molecule has 1 atom stereocenters. The maximum absolute atomic E-state index is 10.2. The second-order valence-electron chi connectivity index (χ2n) is 3.38. The van der Waals surface area contributed by atoms with Gasteiger partial charge in [-0.1, -0.05) is 6.58 Å². The highest BCUT2D eigenvalue weighted by atomic mass is 16.5. The van der Waals surface area contributed by atoms with E-state index in [1.165, 1.54) is 7.11 Å². The fraction of sp³-hybridized carbons (Fsp3) is 0.700. The maximum Gasteiger partial charge on any atom is 0.332 e. The zero-order chi connectivity index (χ0) is 11.7. The predicted octanol–water partition coefficient (Wildman–Crippen LogP) is 0.664. The van der Waals surface area contributed by atoms with E-state index in [9.17, 15) is 4.79 Å². The lowest BCUT2D eigenvalue weighted by Gasteiger charge is -2.10. The summed E-state index contributed by atoms with van der Waals surface area (Å²) in [4.78, 5) is 12.1. The Bertz CT molecular complexity index is 170. The van der Waals surface area contributed by atoms with Crippen LogP contribution in [-0.2, 0) is 9.53 Å². The fourth-order valence-electron chi connectivity index (χ4n) is 0.703. The van der Waals surface area contributed by atoms with Gasteiger partial charge in [0.05, 0.1) is 13.2 Å². The molecule has 0 aliphatic carbocycles. The number of hydrogen-bond donors (Lipinski definition) is 1. The smallest absolute Gasteiger partial charge is 0.332 e. The van der Waals surface area contributed by atoms with Crippen molar-refractivity contribution in [2.75, 3.05) is 27.7 Å². The van der Waals surface area contributed by atoms with Crippen LogP contribution in [-0.4, -0.2) is 49.8 Å². The zero-order valence-corrected chi connectivity index (χ0v) is 9.70. The summed E-state index contributed by atoms with van der Waals surface area (Å²) in [6, 6.07) is 0. The molecule has 4 nitrogen and oxygen atoms in total. The van der Waals surface area contributed by atoms with E-state index in [0.29, 0.717) is 5.57 Å². The number of esters is 1. The Morgan fingerprint density at radius 3 is 2.00 bits per heavy atom. The molecule has 0 aromatic heterocycles. The first-order chi connectivity index (χ1) is 6.31. The first-order valence-electron chi connectivity index (χ1n) is 4.37. The average molecular weight is 203 g/mol. The maximum atomic E-state index is 10.2. The average Bonchev–Trinajstić information content (AvgIpc) is 2.01. The summed E-state index contributed by atoms with van der Waals surface area (Å²) in [7, 11) is 5.20. The summed E-state index contributed by atoms with van der Waals surface area (Å²) in [6.07, 6.45) is -0.199. The molecule has 0 aromatic rings. The van der Waals surface area contributed by atoms with Crippen molar-refractivity contribution in [3.8, 4) is 0 Å². The van der Waals surface area contributed by atoms with E-state index in [1.807, 2.05) is 19.0 Å². The van der Waals surface area contributed by atoms with Crippen molar-refractivity contribution in [1.29, 1.82) is 0 Å². The Morgan fingerprint density at radius 1 is 1.57 bits per heavy atom. The molecule has 14 heavy (non-hydrogen) atoms. The second-order valence-corrected chi connectivity index (χ2v) is 3.38. The van der Waals surface area contributed by atoms with E-state index in [0.717, 1.165) is 6.54 Å². The third-order valence-corrected chi connectivity index (χ3v) is 1.16. The number of ether oxygens (including phenoxy) is 1. The lowest BCUT2D eigenvalue weighted by atomic mass is 10.4. The van der Waals surface area contributed by atoms with Gasteiger partial charge in [-0.15, -0.1) is 0 Å². The Hall–Kier alpha value is -0.870. The molecule has 0 spiro atoms. The third kappa shape index (κ3) is 13.7. The summed E-state index contributed by atoms with van der Waals surface area (Å²) in [5.41, 5.74) is 0.433. The van der Waals surface area contributed by atoms with E-state index in [1.54, 1.807) is 13.8 Å². The zero-order valence-electron chi connectivity index (χ0n) is 9.70. The van der Waals surface area contributed by atoms with E-state index < -0.39 is 0 Å². The monoisotopic (exact) mass is 203 g/mol. The molecule has 0 aliphatic rings. The van der Waals surface area contributed by atoms with Gasteiger partial charge in [0.2, 0.25) is 0 Å². The number of nitrogens with zero attached hydrogens (tertiary/aromatic N) is 1. The summed E-state index contributed by atoms with van der Waals surface area (Å²) in [6.45, 7) is 7.48. The standard InChI is InChI=1S/C5H13NO.C5H8O2/c1-5(7)4-6(2)3;1-4(2)5(6)7-3/h5,7H,4H2,1-3H3;1H2,2-3H3. The lowest BCUT2D eigenvalue weighted by Crippen LogP contribution is -2.22.